The van der Waals surface area contributed by atoms with E-state index in [9.17, 15) is 40.7 Å². The van der Waals surface area contributed by atoms with E-state index in [-0.39, 0.29) is 24.0 Å². The number of para-hydroxylation sites is 1. The number of benzene rings is 3. The number of nitrogens with one attached hydrogen (secondary N) is 2. The predicted octanol–water partition coefficient (Wildman–Crippen LogP) is 8.11. The summed E-state index contributed by atoms with van der Waals surface area (Å²) in [5.74, 6) is -2.05. The Hall–Kier alpha value is -4.81. The summed E-state index contributed by atoms with van der Waals surface area (Å²) in [7, 11) is 0. The molecule has 3 aromatic rings. The average Bonchev–Trinajstić information content (AvgIpc) is 3.05. The molecule has 3 aromatic carbocycles. The van der Waals surface area contributed by atoms with Crippen LogP contribution in [0, 0.1) is 0 Å². The van der Waals surface area contributed by atoms with Crippen molar-refractivity contribution in [1.82, 2.24) is 5.32 Å². The van der Waals surface area contributed by atoms with Crippen molar-refractivity contribution in [2.75, 3.05) is 25.1 Å². The zero-order valence-corrected chi connectivity index (χ0v) is 26.9. The molecule has 264 valence electrons. The number of esters is 1. The van der Waals surface area contributed by atoms with E-state index in [0.717, 1.165) is 12.8 Å². The molecular weight excluding hydrogens is 654 g/mol. The molecule has 2 N–H and O–H groups in total. The fourth-order valence-electron chi connectivity index (χ4n) is 4.93. The predicted molar refractivity (Wildman–Crippen MR) is 172 cm³/mol. The van der Waals surface area contributed by atoms with Crippen LogP contribution in [0.1, 0.15) is 60.5 Å². The lowest BCUT2D eigenvalue weighted by Gasteiger charge is -2.35. The summed E-state index contributed by atoms with van der Waals surface area (Å²) in [6.07, 6.45) is -9.94. The third-order valence-electron chi connectivity index (χ3n) is 7.54. The number of carbonyl (C=O) groups excluding carboxylic acids is 3. The molecule has 2 amide bonds. The van der Waals surface area contributed by atoms with Gasteiger partial charge >= 0.3 is 18.3 Å². The standard InChI is InChI=1S/C36H38F6N2O5/c1-3-4-21-48-30-15-9-8-14-29(30)32(46)44-28-18-16-26(17-19-28)22-31(45)49-24-34(27-12-6-5-7-13-27,33(47)43-23-36(40,41)42)25(2)11-10-20-35(37,38)39/h5-9,12-19H,2-4,10-11,20-24H2,1H3,(H,43,47)(H,44,46). The number of ether oxygens (including phenoxy) is 2. The highest BCUT2D eigenvalue weighted by Crippen LogP contribution is 2.37. The lowest BCUT2D eigenvalue weighted by Crippen LogP contribution is -2.51. The fourth-order valence-corrected chi connectivity index (χ4v) is 4.93. The molecule has 0 saturated heterocycles. The van der Waals surface area contributed by atoms with Crippen molar-refractivity contribution in [3.05, 3.63) is 108 Å². The van der Waals surface area contributed by atoms with Crippen LogP contribution in [0.2, 0.25) is 0 Å². The van der Waals surface area contributed by atoms with E-state index < -0.39 is 61.5 Å². The summed E-state index contributed by atoms with van der Waals surface area (Å²) in [5, 5.41) is 4.56. The van der Waals surface area contributed by atoms with Crippen LogP contribution in [0.3, 0.4) is 0 Å². The highest BCUT2D eigenvalue weighted by Gasteiger charge is 2.45. The summed E-state index contributed by atoms with van der Waals surface area (Å²) in [6, 6.07) is 20.4. The molecule has 7 nitrogen and oxygen atoms in total. The van der Waals surface area contributed by atoms with Crippen molar-refractivity contribution < 1.29 is 50.2 Å². The van der Waals surface area contributed by atoms with E-state index in [1.54, 1.807) is 59.9 Å². The first-order chi connectivity index (χ1) is 23.1. The first kappa shape index (κ1) is 38.6. The van der Waals surface area contributed by atoms with Gasteiger partial charge in [-0.1, -0.05) is 80.1 Å². The average molecular weight is 693 g/mol. The van der Waals surface area contributed by atoms with Gasteiger partial charge in [-0.05, 0) is 54.7 Å². The monoisotopic (exact) mass is 692 g/mol. The summed E-state index contributed by atoms with van der Waals surface area (Å²) in [5.41, 5.74) is -0.956. The Morgan fingerprint density at radius 3 is 2.10 bits per heavy atom. The molecule has 1 atom stereocenters. The molecule has 0 saturated carbocycles. The molecule has 0 spiro atoms. The summed E-state index contributed by atoms with van der Waals surface area (Å²) >= 11 is 0. The van der Waals surface area contributed by atoms with E-state index in [0.29, 0.717) is 29.2 Å². The number of alkyl halides is 6. The second-order valence-electron chi connectivity index (χ2n) is 11.3. The zero-order chi connectivity index (χ0) is 36.1. The molecule has 0 aliphatic carbocycles. The number of hydrogen-bond acceptors (Lipinski definition) is 5. The van der Waals surface area contributed by atoms with Gasteiger partial charge in [0.05, 0.1) is 18.6 Å². The van der Waals surface area contributed by atoms with Crippen LogP contribution in [0.5, 0.6) is 5.75 Å². The highest BCUT2D eigenvalue weighted by molar-refractivity contribution is 6.06. The van der Waals surface area contributed by atoms with Crippen LogP contribution in [-0.4, -0.2) is 49.9 Å². The number of anilines is 1. The summed E-state index contributed by atoms with van der Waals surface area (Å²) in [6.45, 7) is 3.74. The van der Waals surface area contributed by atoms with Gasteiger partial charge in [0.15, 0.2) is 0 Å². The molecule has 0 radical (unpaired) electrons. The van der Waals surface area contributed by atoms with Gasteiger partial charge in [0.2, 0.25) is 5.91 Å². The molecule has 0 fully saturated rings. The maximum atomic E-state index is 13.5. The topological polar surface area (TPSA) is 93.7 Å². The smallest absolute Gasteiger partial charge is 0.405 e. The van der Waals surface area contributed by atoms with Crippen LogP contribution >= 0.6 is 0 Å². The Morgan fingerprint density at radius 1 is 0.816 bits per heavy atom. The van der Waals surface area contributed by atoms with E-state index in [4.69, 9.17) is 9.47 Å². The molecule has 13 heteroatoms. The Bertz CT molecular complexity index is 1560. The molecule has 1 unspecified atom stereocenters. The Balaban J connectivity index is 1.75. The second-order valence-corrected chi connectivity index (χ2v) is 11.3. The van der Waals surface area contributed by atoms with Crippen molar-refractivity contribution in [2.45, 2.75) is 63.2 Å². The number of hydrogen-bond donors (Lipinski definition) is 2. The molecule has 0 aromatic heterocycles. The Labute approximate surface area is 280 Å². The molecule has 0 aliphatic rings. The highest BCUT2D eigenvalue weighted by atomic mass is 19.4. The quantitative estimate of drug-likeness (QED) is 0.0646. The number of unbranched alkanes of at least 4 members (excludes halogenated alkanes) is 1. The second kappa shape index (κ2) is 17.5. The normalized spacial score (nSPS) is 12.8. The van der Waals surface area contributed by atoms with Gasteiger partial charge < -0.3 is 20.1 Å². The van der Waals surface area contributed by atoms with Crippen molar-refractivity contribution in [3.8, 4) is 5.75 Å². The fraction of sp³-hybridized carbons (Fsp3) is 0.361. The van der Waals surface area contributed by atoms with Crippen LogP contribution < -0.4 is 15.4 Å². The van der Waals surface area contributed by atoms with E-state index >= 15 is 0 Å². The summed E-state index contributed by atoms with van der Waals surface area (Å²) in [4.78, 5) is 39.4. The minimum absolute atomic E-state index is 0.0944. The Morgan fingerprint density at radius 2 is 1.47 bits per heavy atom. The number of carbonyl (C=O) groups is 3. The van der Waals surface area contributed by atoms with Gasteiger partial charge in [0.1, 0.15) is 24.3 Å². The SMILES string of the molecule is C=C(CCCC(F)(F)F)C(COC(=O)Cc1ccc(NC(=O)c2ccccc2OCCCC)cc1)(C(=O)NCC(F)(F)F)c1ccccc1. The molecule has 0 heterocycles. The van der Waals surface area contributed by atoms with Gasteiger partial charge in [-0.25, -0.2) is 0 Å². The lowest BCUT2D eigenvalue weighted by molar-refractivity contribution is -0.149. The van der Waals surface area contributed by atoms with Crippen molar-refractivity contribution in [3.63, 3.8) is 0 Å². The minimum atomic E-state index is -4.79. The van der Waals surface area contributed by atoms with Crippen LogP contribution in [0.25, 0.3) is 0 Å². The minimum Gasteiger partial charge on any atom is -0.493 e. The van der Waals surface area contributed by atoms with Gasteiger partial charge in [-0.2, -0.15) is 26.3 Å². The first-order valence-corrected chi connectivity index (χ1v) is 15.6. The third-order valence-corrected chi connectivity index (χ3v) is 7.54. The number of amides is 2. The summed E-state index contributed by atoms with van der Waals surface area (Å²) < 4.78 is 89.1. The van der Waals surface area contributed by atoms with Gasteiger partial charge in [0, 0.05) is 12.1 Å². The van der Waals surface area contributed by atoms with Crippen molar-refractivity contribution in [1.29, 1.82) is 0 Å². The van der Waals surface area contributed by atoms with Crippen LogP contribution in [0.15, 0.2) is 91.0 Å². The maximum Gasteiger partial charge on any atom is 0.405 e. The van der Waals surface area contributed by atoms with E-state index in [1.807, 2.05) is 6.92 Å². The third kappa shape index (κ3) is 12.0. The first-order valence-electron chi connectivity index (χ1n) is 15.6. The van der Waals surface area contributed by atoms with Gasteiger partial charge in [-0.3, -0.25) is 14.4 Å². The largest absolute Gasteiger partial charge is 0.493 e. The molecule has 3 rings (SSSR count). The molecule has 49 heavy (non-hydrogen) atoms. The van der Waals surface area contributed by atoms with E-state index in [1.165, 1.54) is 24.3 Å². The van der Waals surface area contributed by atoms with Crippen LogP contribution in [0.4, 0.5) is 32.0 Å². The Kier molecular flexibility index (Phi) is 13.8. The van der Waals surface area contributed by atoms with Crippen molar-refractivity contribution in [2.24, 2.45) is 0 Å². The molecule has 0 aliphatic heterocycles. The van der Waals surface area contributed by atoms with E-state index in [2.05, 4.69) is 11.9 Å². The number of rotatable bonds is 17. The van der Waals surface area contributed by atoms with Gasteiger partial charge in [-0.15, -0.1) is 0 Å². The van der Waals surface area contributed by atoms with Gasteiger partial charge in [0.25, 0.3) is 5.91 Å². The maximum absolute atomic E-state index is 13.5. The molecule has 0 bridgehead atoms. The number of halogens is 6. The molecular formula is C36H38F6N2O5. The van der Waals surface area contributed by atoms with Crippen molar-refractivity contribution >= 4 is 23.5 Å². The van der Waals surface area contributed by atoms with Crippen LogP contribution in [-0.2, 0) is 26.2 Å². The zero-order valence-electron chi connectivity index (χ0n) is 26.9. The lowest BCUT2D eigenvalue weighted by atomic mass is 9.72.